The highest BCUT2D eigenvalue weighted by molar-refractivity contribution is 7.90. The van der Waals surface area contributed by atoms with Gasteiger partial charge < -0.3 is 14.6 Å². The summed E-state index contributed by atoms with van der Waals surface area (Å²) in [6, 6.07) is 8.30. The number of carboxylic acids is 1. The van der Waals surface area contributed by atoms with Crippen LogP contribution in [0.4, 0.5) is 0 Å². The van der Waals surface area contributed by atoms with Crippen molar-refractivity contribution in [2.24, 2.45) is 0 Å². The van der Waals surface area contributed by atoms with Gasteiger partial charge in [-0.1, -0.05) is 0 Å². The maximum Gasteiger partial charge on any atom is 0.336 e. The van der Waals surface area contributed by atoms with Crippen LogP contribution in [-0.2, 0) is 9.84 Å². The molecule has 1 N–H and O–H groups in total. The third-order valence-corrected chi connectivity index (χ3v) is 3.98. The average molecular weight is 351 g/mol. The maximum absolute atomic E-state index is 11.4. The minimum Gasteiger partial charge on any atom is -0.478 e. The summed E-state index contributed by atoms with van der Waals surface area (Å²) in [5, 5.41) is 9.15. The van der Waals surface area contributed by atoms with Crippen LogP contribution in [0.5, 0.6) is 17.5 Å². The molecular formula is C16H17NO6S. The number of hydrogen-bond acceptors (Lipinski definition) is 6. The molecule has 0 aliphatic heterocycles. The third-order valence-electron chi connectivity index (χ3n) is 2.86. The predicted molar refractivity (Wildman–Crippen MR) is 86.6 cm³/mol. The fourth-order valence-electron chi connectivity index (χ4n) is 1.83. The number of sulfone groups is 1. The molecule has 0 saturated heterocycles. The summed E-state index contributed by atoms with van der Waals surface area (Å²) in [6.07, 6.45) is 0.930. The van der Waals surface area contributed by atoms with E-state index in [1.165, 1.54) is 36.4 Å². The summed E-state index contributed by atoms with van der Waals surface area (Å²) < 4.78 is 33.8. The number of aromatic nitrogens is 1. The van der Waals surface area contributed by atoms with Gasteiger partial charge in [0.2, 0.25) is 11.8 Å². The lowest BCUT2D eigenvalue weighted by atomic mass is 10.2. The molecule has 0 amide bonds. The van der Waals surface area contributed by atoms with E-state index in [2.05, 4.69) is 4.98 Å². The molecule has 1 aromatic carbocycles. The van der Waals surface area contributed by atoms with E-state index in [1.54, 1.807) is 13.8 Å². The molecule has 8 heteroatoms. The largest absolute Gasteiger partial charge is 0.478 e. The smallest absolute Gasteiger partial charge is 0.336 e. The molecule has 0 saturated carbocycles. The lowest BCUT2D eigenvalue weighted by Gasteiger charge is -2.12. The Morgan fingerprint density at radius 1 is 1.12 bits per heavy atom. The van der Waals surface area contributed by atoms with E-state index in [4.69, 9.17) is 14.6 Å². The maximum atomic E-state index is 11.4. The Morgan fingerprint density at radius 2 is 1.71 bits per heavy atom. The summed E-state index contributed by atoms with van der Waals surface area (Å²) in [5.41, 5.74) is -0.0246. The highest BCUT2D eigenvalue weighted by Crippen LogP contribution is 2.25. The number of aromatic carboxylic acids is 1. The molecule has 2 aromatic rings. The summed E-state index contributed by atoms with van der Waals surface area (Å²) >= 11 is 0. The van der Waals surface area contributed by atoms with E-state index in [-0.39, 0.29) is 28.3 Å². The van der Waals surface area contributed by atoms with E-state index in [9.17, 15) is 13.2 Å². The fraction of sp³-hybridized carbons (Fsp3) is 0.250. The van der Waals surface area contributed by atoms with Crippen molar-refractivity contribution < 1.29 is 27.8 Å². The monoisotopic (exact) mass is 351 g/mol. The lowest BCUT2D eigenvalue weighted by molar-refractivity contribution is 0.0695. The summed E-state index contributed by atoms with van der Waals surface area (Å²) in [5.74, 6) is -0.637. The Bertz CT molecular complexity index is 843. The zero-order valence-electron chi connectivity index (χ0n) is 13.4. The van der Waals surface area contributed by atoms with E-state index >= 15 is 0 Å². The first-order valence-electron chi connectivity index (χ1n) is 7.05. The van der Waals surface area contributed by atoms with Crippen LogP contribution >= 0.6 is 0 Å². The quantitative estimate of drug-likeness (QED) is 0.853. The Hall–Kier alpha value is -2.61. The zero-order chi connectivity index (χ0) is 17.9. The van der Waals surface area contributed by atoms with Crippen molar-refractivity contribution >= 4 is 15.8 Å². The van der Waals surface area contributed by atoms with Crippen LogP contribution < -0.4 is 9.47 Å². The molecule has 128 valence electrons. The minimum atomic E-state index is -3.30. The van der Waals surface area contributed by atoms with Crippen molar-refractivity contribution in [3.05, 3.63) is 42.0 Å². The van der Waals surface area contributed by atoms with Gasteiger partial charge in [-0.05, 0) is 38.1 Å². The van der Waals surface area contributed by atoms with E-state index in [1.807, 2.05) is 0 Å². The van der Waals surface area contributed by atoms with Gasteiger partial charge in [0.25, 0.3) is 0 Å². The van der Waals surface area contributed by atoms with Gasteiger partial charge in [0.1, 0.15) is 5.75 Å². The van der Waals surface area contributed by atoms with Gasteiger partial charge in [0.05, 0.1) is 16.6 Å². The van der Waals surface area contributed by atoms with Crippen molar-refractivity contribution in [1.29, 1.82) is 0 Å². The molecular weight excluding hydrogens is 334 g/mol. The van der Waals surface area contributed by atoms with Gasteiger partial charge in [0.15, 0.2) is 9.84 Å². The number of carboxylic acid groups (broad SMARTS) is 1. The zero-order valence-corrected chi connectivity index (χ0v) is 14.2. The average Bonchev–Trinajstić information content (AvgIpc) is 2.45. The van der Waals surface area contributed by atoms with Crippen LogP contribution in [-0.4, -0.2) is 36.8 Å². The Balaban J connectivity index is 2.31. The standard InChI is InChI=1S/C16H17NO6S/c1-10(2)22-14-8-11(16(18)19)9-15(17-14)23-12-4-6-13(7-5-12)24(3,20)21/h4-10H,1-3H3,(H,18,19). The fourth-order valence-corrected chi connectivity index (χ4v) is 2.46. The van der Waals surface area contributed by atoms with Crippen molar-refractivity contribution in [3.8, 4) is 17.5 Å². The van der Waals surface area contributed by atoms with Crippen LogP contribution in [0.3, 0.4) is 0 Å². The highest BCUT2D eigenvalue weighted by atomic mass is 32.2. The van der Waals surface area contributed by atoms with Gasteiger partial charge in [0, 0.05) is 18.4 Å². The first-order chi connectivity index (χ1) is 11.1. The molecule has 0 aliphatic rings. The molecule has 0 radical (unpaired) electrons. The molecule has 1 aromatic heterocycles. The molecule has 1 heterocycles. The highest BCUT2D eigenvalue weighted by Gasteiger charge is 2.13. The number of carbonyl (C=O) groups is 1. The SMILES string of the molecule is CC(C)Oc1cc(C(=O)O)cc(Oc2ccc(S(C)(=O)=O)cc2)n1. The van der Waals surface area contributed by atoms with Crippen molar-refractivity contribution in [1.82, 2.24) is 4.98 Å². The lowest BCUT2D eigenvalue weighted by Crippen LogP contribution is -2.09. The molecule has 0 bridgehead atoms. The molecule has 2 rings (SSSR count). The molecule has 0 atom stereocenters. The van der Waals surface area contributed by atoms with Crippen LogP contribution in [0.25, 0.3) is 0 Å². The second kappa shape index (κ2) is 6.88. The Labute approximate surface area is 139 Å². The number of rotatable bonds is 6. The Morgan fingerprint density at radius 3 is 2.21 bits per heavy atom. The van der Waals surface area contributed by atoms with Crippen LogP contribution in [0.2, 0.25) is 0 Å². The number of ether oxygens (including phenoxy) is 2. The second-order valence-corrected chi connectivity index (χ2v) is 7.37. The summed E-state index contributed by atoms with van der Waals surface area (Å²) in [6.45, 7) is 3.58. The van der Waals surface area contributed by atoms with Crippen LogP contribution in [0.1, 0.15) is 24.2 Å². The molecule has 0 fully saturated rings. The predicted octanol–water partition coefficient (Wildman–Crippen LogP) is 2.76. The van der Waals surface area contributed by atoms with Gasteiger partial charge in [-0.15, -0.1) is 0 Å². The van der Waals surface area contributed by atoms with Crippen LogP contribution in [0.15, 0.2) is 41.3 Å². The molecule has 0 spiro atoms. The topological polar surface area (TPSA) is 103 Å². The number of pyridine rings is 1. The minimum absolute atomic E-state index is 0.0246. The number of nitrogens with zero attached hydrogens (tertiary/aromatic N) is 1. The first kappa shape index (κ1) is 17.7. The number of benzene rings is 1. The van der Waals surface area contributed by atoms with Crippen LogP contribution in [0, 0.1) is 0 Å². The van der Waals surface area contributed by atoms with Gasteiger partial charge in [-0.25, -0.2) is 13.2 Å². The van der Waals surface area contributed by atoms with Gasteiger partial charge in [-0.2, -0.15) is 4.98 Å². The van der Waals surface area contributed by atoms with Gasteiger partial charge in [-0.3, -0.25) is 0 Å². The molecule has 0 aliphatic carbocycles. The van der Waals surface area contributed by atoms with E-state index < -0.39 is 15.8 Å². The van der Waals surface area contributed by atoms with E-state index in [0.29, 0.717) is 5.75 Å². The Kier molecular flexibility index (Phi) is 5.08. The second-order valence-electron chi connectivity index (χ2n) is 5.35. The normalized spacial score (nSPS) is 11.3. The molecule has 7 nitrogen and oxygen atoms in total. The molecule has 24 heavy (non-hydrogen) atoms. The van der Waals surface area contributed by atoms with Crippen molar-refractivity contribution in [2.75, 3.05) is 6.26 Å². The number of hydrogen-bond donors (Lipinski definition) is 1. The van der Waals surface area contributed by atoms with Crippen molar-refractivity contribution in [2.45, 2.75) is 24.8 Å². The first-order valence-corrected chi connectivity index (χ1v) is 8.94. The van der Waals surface area contributed by atoms with Crippen molar-refractivity contribution in [3.63, 3.8) is 0 Å². The van der Waals surface area contributed by atoms with Gasteiger partial charge >= 0.3 is 5.97 Å². The molecule has 0 unspecified atom stereocenters. The van der Waals surface area contributed by atoms with E-state index in [0.717, 1.165) is 6.26 Å². The summed E-state index contributed by atoms with van der Waals surface area (Å²) in [4.78, 5) is 15.4. The summed E-state index contributed by atoms with van der Waals surface area (Å²) in [7, 11) is -3.30. The third kappa shape index (κ3) is 4.69.